The molecule has 2 heterocycles. The molecule has 122 valence electrons. The van der Waals surface area contributed by atoms with Crippen molar-refractivity contribution < 1.29 is 9.53 Å². The van der Waals surface area contributed by atoms with Gasteiger partial charge in [0.1, 0.15) is 18.2 Å². The molecule has 1 aromatic carbocycles. The summed E-state index contributed by atoms with van der Waals surface area (Å²) in [5.74, 6) is 1.40. The highest BCUT2D eigenvalue weighted by Gasteiger charge is 2.27. The van der Waals surface area contributed by atoms with Gasteiger partial charge in [-0.25, -0.2) is 0 Å². The van der Waals surface area contributed by atoms with Crippen LogP contribution in [0.25, 0.3) is 0 Å². The van der Waals surface area contributed by atoms with Crippen molar-refractivity contribution in [2.24, 2.45) is 13.0 Å². The number of rotatable bonds is 2. The van der Waals surface area contributed by atoms with Crippen molar-refractivity contribution in [3.8, 4) is 5.75 Å². The van der Waals surface area contributed by atoms with Crippen LogP contribution >= 0.6 is 0 Å². The third kappa shape index (κ3) is 3.23. The average Bonchev–Trinajstić information content (AvgIpc) is 2.88. The number of hydrogen-bond donors (Lipinski definition) is 1. The van der Waals surface area contributed by atoms with Gasteiger partial charge >= 0.3 is 0 Å². The van der Waals surface area contributed by atoms with Gasteiger partial charge in [-0.15, -0.1) is 0 Å². The summed E-state index contributed by atoms with van der Waals surface area (Å²) >= 11 is 0. The summed E-state index contributed by atoms with van der Waals surface area (Å²) in [6.45, 7) is 6.72. The van der Waals surface area contributed by atoms with Crippen molar-refractivity contribution >= 4 is 11.7 Å². The Labute approximate surface area is 136 Å². The summed E-state index contributed by atoms with van der Waals surface area (Å²) < 4.78 is 7.42. The third-order valence-electron chi connectivity index (χ3n) is 4.15. The molecule has 1 atom stereocenters. The van der Waals surface area contributed by atoms with Crippen LogP contribution in [-0.4, -0.2) is 22.3 Å². The van der Waals surface area contributed by atoms with E-state index in [2.05, 4.69) is 31.2 Å². The van der Waals surface area contributed by atoms with Crippen molar-refractivity contribution in [1.82, 2.24) is 9.78 Å². The molecule has 1 aliphatic heterocycles. The average molecular weight is 313 g/mol. The minimum atomic E-state index is -0.183. The highest BCUT2D eigenvalue weighted by Crippen LogP contribution is 2.28. The second kappa shape index (κ2) is 5.72. The van der Waals surface area contributed by atoms with E-state index in [0.29, 0.717) is 13.0 Å². The Morgan fingerprint density at radius 1 is 1.35 bits per heavy atom. The Bertz CT molecular complexity index is 728. The molecule has 0 aliphatic carbocycles. The number of hydrogen-bond acceptors (Lipinski definition) is 3. The number of benzene rings is 1. The molecule has 5 heteroatoms. The van der Waals surface area contributed by atoms with E-state index in [4.69, 9.17) is 4.74 Å². The summed E-state index contributed by atoms with van der Waals surface area (Å²) in [6.07, 6.45) is 0.700. The van der Waals surface area contributed by atoms with Crippen LogP contribution in [0.3, 0.4) is 0 Å². The number of ether oxygens (including phenoxy) is 1. The van der Waals surface area contributed by atoms with E-state index in [9.17, 15) is 4.79 Å². The van der Waals surface area contributed by atoms with Gasteiger partial charge in [0, 0.05) is 18.5 Å². The van der Waals surface area contributed by atoms with Crippen LogP contribution < -0.4 is 10.1 Å². The van der Waals surface area contributed by atoms with Crippen molar-refractivity contribution in [3.05, 3.63) is 41.6 Å². The first-order valence-electron chi connectivity index (χ1n) is 7.90. The molecule has 3 rings (SSSR count). The topological polar surface area (TPSA) is 56.2 Å². The minimum Gasteiger partial charge on any atom is -0.492 e. The van der Waals surface area contributed by atoms with Crippen molar-refractivity contribution in [3.63, 3.8) is 0 Å². The Kier molecular flexibility index (Phi) is 3.88. The number of aromatic nitrogens is 2. The quantitative estimate of drug-likeness (QED) is 0.927. The normalized spacial score (nSPS) is 17.3. The Morgan fingerprint density at radius 3 is 2.78 bits per heavy atom. The van der Waals surface area contributed by atoms with Crippen LogP contribution in [-0.2, 0) is 23.7 Å². The molecule has 1 N–H and O–H groups in total. The van der Waals surface area contributed by atoms with E-state index in [1.807, 2.05) is 37.4 Å². The maximum absolute atomic E-state index is 12.6. The molecular weight excluding hydrogens is 290 g/mol. The number of carbonyl (C=O) groups is 1. The predicted molar refractivity (Wildman–Crippen MR) is 89.7 cm³/mol. The van der Waals surface area contributed by atoms with Gasteiger partial charge in [-0.2, -0.15) is 5.10 Å². The first-order valence-corrected chi connectivity index (χ1v) is 7.90. The van der Waals surface area contributed by atoms with Crippen LogP contribution in [0, 0.1) is 5.92 Å². The summed E-state index contributed by atoms with van der Waals surface area (Å²) in [6, 6.07) is 9.81. The molecule has 23 heavy (non-hydrogen) atoms. The summed E-state index contributed by atoms with van der Waals surface area (Å²) in [5, 5.41) is 7.47. The summed E-state index contributed by atoms with van der Waals surface area (Å²) in [4.78, 5) is 12.6. The second-order valence-corrected chi connectivity index (χ2v) is 7.10. The van der Waals surface area contributed by atoms with Gasteiger partial charge in [-0.05, 0) is 18.1 Å². The lowest BCUT2D eigenvalue weighted by atomic mass is 9.92. The molecule has 2 aromatic rings. The molecule has 0 unspecified atom stereocenters. The zero-order valence-electron chi connectivity index (χ0n) is 14.1. The Hall–Kier alpha value is -2.30. The predicted octanol–water partition coefficient (Wildman–Crippen LogP) is 2.91. The standard InChI is InChI=1S/C18H23N3O2/c1-18(2,3)15-10-16(21(4)20-15)19-17(22)13-9-12-7-5-6-8-14(12)23-11-13/h5-8,10,13H,9,11H2,1-4H3,(H,19,22)/t13-/m1/s1. The zero-order chi connectivity index (χ0) is 16.6. The Morgan fingerprint density at radius 2 is 2.09 bits per heavy atom. The SMILES string of the molecule is Cn1nc(C(C)(C)C)cc1NC(=O)[C@H]1COc2ccccc2C1. The summed E-state index contributed by atoms with van der Waals surface area (Å²) in [5.41, 5.74) is 1.99. The first kappa shape index (κ1) is 15.6. The van der Waals surface area contributed by atoms with Gasteiger partial charge in [0.2, 0.25) is 5.91 Å². The zero-order valence-corrected chi connectivity index (χ0v) is 14.1. The smallest absolute Gasteiger partial charge is 0.232 e. The van der Waals surface area contributed by atoms with Crippen LogP contribution in [0.5, 0.6) is 5.75 Å². The molecule has 5 nitrogen and oxygen atoms in total. The minimum absolute atomic E-state index is 0.0250. The summed E-state index contributed by atoms with van der Waals surface area (Å²) in [7, 11) is 1.84. The van der Waals surface area contributed by atoms with Crippen molar-refractivity contribution in [2.45, 2.75) is 32.6 Å². The highest BCUT2D eigenvalue weighted by molar-refractivity contribution is 5.92. The monoisotopic (exact) mass is 313 g/mol. The molecule has 0 saturated carbocycles. The number of fused-ring (bicyclic) bond motifs is 1. The number of para-hydroxylation sites is 1. The second-order valence-electron chi connectivity index (χ2n) is 7.10. The lowest BCUT2D eigenvalue weighted by molar-refractivity contribution is -0.121. The van der Waals surface area contributed by atoms with Gasteiger partial charge < -0.3 is 10.1 Å². The molecule has 0 saturated heterocycles. The fraction of sp³-hybridized carbons (Fsp3) is 0.444. The maximum atomic E-state index is 12.6. The number of aryl methyl sites for hydroxylation is 1. The van der Waals surface area contributed by atoms with Gasteiger partial charge in [-0.1, -0.05) is 39.0 Å². The Balaban J connectivity index is 1.72. The number of anilines is 1. The van der Waals surface area contributed by atoms with Crippen molar-refractivity contribution in [1.29, 1.82) is 0 Å². The van der Waals surface area contributed by atoms with Crippen LogP contribution in [0.1, 0.15) is 32.0 Å². The number of nitrogens with one attached hydrogen (secondary N) is 1. The molecular formula is C18H23N3O2. The lowest BCUT2D eigenvalue weighted by Crippen LogP contribution is -2.33. The number of nitrogens with zero attached hydrogens (tertiary/aromatic N) is 2. The fourth-order valence-electron chi connectivity index (χ4n) is 2.68. The largest absolute Gasteiger partial charge is 0.492 e. The molecule has 1 amide bonds. The van der Waals surface area contributed by atoms with E-state index in [0.717, 1.165) is 22.8 Å². The van der Waals surface area contributed by atoms with Gasteiger partial charge in [0.25, 0.3) is 0 Å². The van der Waals surface area contributed by atoms with Crippen LogP contribution in [0.4, 0.5) is 5.82 Å². The third-order valence-corrected chi connectivity index (χ3v) is 4.15. The lowest BCUT2D eigenvalue weighted by Gasteiger charge is -2.24. The van der Waals surface area contributed by atoms with E-state index >= 15 is 0 Å². The molecule has 1 aliphatic rings. The maximum Gasteiger partial charge on any atom is 0.232 e. The fourth-order valence-corrected chi connectivity index (χ4v) is 2.68. The molecule has 0 fully saturated rings. The number of amides is 1. The molecule has 0 bridgehead atoms. The van der Waals surface area contributed by atoms with Gasteiger partial charge in [0.05, 0.1) is 11.6 Å². The first-order chi connectivity index (χ1) is 10.8. The van der Waals surface area contributed by atoms with Crippen LogP contribution in [0.2, 0.25) is 0 Å². The van der Waals surface area contributed by atoms with Gasteiger partial charge in [0.15, 0.2) is 0 Å². The van der Waals surface area contributed by atoms with E-state index in [1.54, 1.807) is 4.68 Å². The molecule has 0 spiro atoms. The van der Waals surface area contributed by atoms with E-state index in [1.165, 1.54) is 0 Å². The number of carbonyl (C=O) groups excluding carboxylic acids is 1. The van der Waals surface area contributed by atoms with E-state index < -0.39 is 0 Å². The van der Waals surface area contributed by atoms with Crippen molar-refractivity contribution in [2.75, 3.05) is 11.9 Å². The molecule has 1 aromatic heterocycles. The van der Waals surface area contributed by atoms with Crippen LogP contribution in [0.15, 0.2) is 30.3 Å². The van der Waals surface area contributed by atoms with E-state index in [-0.39, 0.29) is 17.2 Å². The van der Waals surface area contributed by atoms with Gasteiger partial charge in [-0.3, -0.25) is 9.48 Å². The highest BCUT2D eigenvalue weighted by atomic mass is 16.5. The molecule has 0 radical (unpaired) electrons.